The van der Waals surface area contributed by atoms with E-state index in [1.54, 1.807) is 6.07 Å². The highest BCUT2D eigenvalue weighted by Crippen LogP contribution is 2.31. The average Bonchev–Trinajstić information content (AvgIpc) is 3.00. The number of benzene rings is 1. The lowest BCUT2D eigenvalue weighted by atomic mass is 9.98. The molecular formula is C15H18N2O3. The van der Waals surface area contributed by atoms with E-state index in [9.17, 15) is 4.79 Å². The van der Waals surface area contributed by atoms with E-state index in [1.165, 1.54) is 31.4 Å². The Kier molecular flexibility index (Phi) is 3.34. The number of nitrogens with one attached hydrogen (secondary N) is 1. The standard InChI is InChI=1S/C15H18N2O3/c1-9-3-2-4-11(9)8-16-15-17-12-6-5-10(14(18)19)7-13(12)20-15/h5-7,9,11H,2-4,8H2,1H3,(H,16,17)(H,18,19). The summed E-state index contributed by atoms with van der Waals surface area (Å²) in [5.41, 5.74) is 1.40. The number of aromatic carboxylic acids is 1. The van der Waals surface area contributed by atoms with Crippen LogP contribution in [0.1, 0.15) is 36.5 Å². The van der Waals surface area contributed by atoms with Gasteiger partial charge in [0.2, 0.25) is 0 Å². The maximum absolute atomic E-state index is 10.9. The van der Waals surface area contributed by atoms with Crippen molar-refractivity contribution in [3.05, 3.63) is 23.8 Å². The van der Waals surface area contributed by atoms with E-state index in [0.717, 1.165) is 12.5 Å². The lowest BCUT2D eigenvalue weighted by Crippen LogP contribution is -2.16. The highest BCUT2D eigenvalue weighted by molar-refractivity contribution is 5.92. The summed E-state index contributed by atoms with van der Waals surface area (Å²) >= 11 is 0. The molecule has 2 N–H and O–H groups in total. The van der Waals surface area contributed by atoms with Crippen LogP contribution in [0, 0.1) is 11.8 Å². The van der Waals surface area contributed by atoms with Crippen molar-refractivity contribution in [3.63, 3.8) is 0 Å². The molecule has 5 heteroatoms. The average molecular weight is 274 g/mol. The maximum atomic E-state index is 10.9. The van der Waals surface area contributed by atoms with E-state index < -0.39 is 5.97 Å². The summed E-state index contributed by atoms with van der Waals surface area (Å²) in [5, 5.41) is 12.2. The Balaban J connectivity index is 1.74. The van der Waals surface area contributed by atoms with Gasteiger partial charge in [-0.25, -0.2) is 4.79 Å². The zero-order valence-corrected chi connectivity index (χ0v) is 11.4. The highest BCUT2D eigenvalue weighted by atomic mass is 16.4. The largest absolute Gasteiger partial charge is 0.478 e. The van der Waals surface area contributed by atoms with Gasteiger partial charge in [0.15, 0.2) is 5.58 Å². The summed E-state index contributed by atoms with van der Waals surface area (Å²) in [7, 11) is 0. The maximum Gasteiger partial charge on any atom is 0.335 e. The van der Waals surface area contributed by atoms with Gasteiger partial charge in [0.25, 0.3) is 6.01 Å². The molecule has 0 amide bonds. The molecule has 1 fully saturated rings. The number of rotatable bonds is 4. The molecule has 0 spiro atoms. The van der Waals surface area contributed by atoms with E-state index in [2.05, 4.69) is 17.2 Å². The van der Waals surface area contributed by atoms with E-state index in [1.807, 2.05) is 0 Å². The van der Waals surface area contributed by atoms with Gasteiger partial charge in [0.1, 0.15) is 5.52 Å². The van der Waals surface area contributed by atoms with E-state index >= 15 is 0 Å². The zero-order chi connectivity index (χ0) is 14.1. The number of carboxylic acid groups (broad SMARTS) is 1. The molecule has 20 heavy (non-hydrogen) atoms. The molecule has 1 aromatic carbocycles. The van der Waals surface area contributed by atoms with Crippen molar-refractivity contribution in [1.82, 2.24) is 4.98 Å². The molecule has 3 rings (SSSR count). The van der Waals surface area contributed by atoms with Crippen LogP contribution in [-0.2, 0) is 0 Å². The first-order valence-electron chi connectivity index (χ1n) is 7.01. The van der Waals surface area contributed by atoms with Crippen LogP contribution < -0.4 is 5.32 Å². The Bertz CT molecular complexity index is 635. The van der Waals surface area contributed by atoms with Gasteiger partial charge in [0.05, 0.1) is 5.56 Å². The SMILES string of the molecule is CC1CCCC1CNc1nc2ccc(C(=O)O)cc2o1. The van der Waals surface area contributed by atoms with E-state index in [-0.39, 0.29) is 5.56 Å². The summed E-state index contributed by atoms with van der Waals surface area (Å²) in [5.74, 6) is 0.447. The number of fused-ring (bicyclic) bond motifs is 1. The Hall–Kier alpha value is -2.04. The Morgan fingerprint density at radius 2 is 2.35 bits per heavy atom. The molecule has 0 aliphatic heterocycles. The van der Waals surface area contributed by atoms with Crippen molar-refractivity contribution in [2.75, 3.05) is 11.9 Å². The summed E-state index contributed by atoms with van der Waals surface area (Å²) < 4.78 is 5.57. The second kappa shape index (κ2) is 5.15. The molecule has 1 saturated carbocycles. The van der Waals surface area contributed by atoms with Crippen LogP contribution in [0.3, 0.4) is 0 Å². The normalized spacial score (nSPS) is 22.2. The van der Waals surface area contributed by atoms with Crippen LogP contribution in [0.4, 0.5) is 6.01 Å². The van der Waals surface area contributed by atoms with Crippen LogP contribution in [0.25, 0.3) is 11.1 Å². The Morgan fingerprint density at radius 3 is 3.05 bits per heavy atom. The molecule has 0 bridgehead atoms. The third-order valence-corrected chi connectivity index (χ3v) is 4.19. The van der Waals surface area contributed by atoms with E-state index in [0.29, 0.717) is 23.0 Å². The molecule has 5 nitrogen and oxygen atoms in total. The second-order valence-corrected chi connectivity index (χ2v) is 5.56. The number of hydrogen-bond donors (Lipinski definition) is 2. The number of carbonyl (C=O) groups is 1. The monoisotopic (exact) mass is 274 g/mol. The fourth-order valence-electron chi connectivity index (χ4n) is 2.88. The molecule has 1 aliphatic carbocycles. The smallest absolute Gasteiger partial charge is 0.335 e. The van der Waals surface area contributed by atoms with Gasteiger partial charge in [-0.15, -0.1) is 0 Å². The molecular weight excluding hydrogens is 256 g/mol. The number of nitrogens with zero attached hydrogens (tertiary/aromatic N) is 1. The minimum atomic E-state index is -0.961. The molecule has 2 aromatic rings. The zero-order valence-electron chi connectivity index (χ0n) is 11.4. The lowest BCUT2D eigenvalue weighted by Gasteiger charge is -2.14. The van der Waals surface area contributed by atoms with Crippen molar-refractivity contribution in [3.8, 4) is 0 Å². The Labute approximate surface area is 117 Å². The van der Waals surface area contributed by atoms with Crippen LogP contribution >= 0.6 is 0 Å². The Morgan fingerprint density at radius 1 is 1.50 bits per heavy atom. The number of carboxylic acids is 1. The number of aromatic nitrogens is 1. The van der Waals surface area contributed by atoms with Crippen LogP contribution in [0.5, 0.6) is 0 Å². The first-order valence-corrected chi connectivity index (χ1v) is 7.01. The fourth-order valence-corrected chi connectivity index (χ4v) is 2.88. The quantitative estimate of drug-likeness (QED) is 0.894. The van der Waals surface area contributed by atoms with Crippen LogP contribution in [0.2, 0.25) is 0 Å². The second-order valence-electron chi connectivity index (χ2n) is 5.56. The van der Waals surface area contributed by atoms with E-state index in [4.69, 9.17) is 9.52 Å². The van der Waals surface area contributed by atoms with Crippen LogP contribution in [0.15, 0.2) is 22.6 Å². The first-order chi connectivity index (χ1) is 9.63. The molecule has 1 heterocycles. The van der Waals surface area contributed by atoms with Crippen molar-refractivity contribution in [2.45, 2.75) is 26.2 Å². The lowest BCUT2D eigenvalue weighted by molar-refractivity contribution is 0.0697. The number of oxazole rings is 1. The summed E-state index contributed by atoms with van der Waals surface area (Å²) in [4.78, 5) is 15.2. The molecule has 0 radical (unpaired) electrons. The van der Waals surface area contributed by atoms with Gasteiger partial charge >= 0.3 is 5.97 Å². The van der Waals surface area contributed by atoms with Crippen molar-refractivity contribution >= 4 is 23.1 Å². The van der Waals surface area contributed by atoms with Crippen molar-refractivity contribution < 1.29 is 14.3 Å². The summed E-state index contributed by atoms with van der Waals surface area (Å²) in [6.45, 7) is 3.14. The topological polar surface area (TPSA) is 75.4 Å². The highest BCUT2D eigenvalue weighted by Gasteiger charge is 2.23. The van der Waals surface area contributed by atoms with Crippen LogP contribution in [-0.4, -0.2) is 22.6 Å². The molecule has 2 unspecified atom stereocenters. The van der Waals surface area contributed by atoms with Gasteiger partial charge in [-0.3, -0.25) is 0 Å². The van der Waals surface area contributed by atoms with Gasteiger partial charge in [-0.2, -0.15) is 4.98 Å². The molecule has 0 saturated heterocycles. The first kappa shape index (κ1) is 13.0. The van der Waals surface area contributed by atoms with Gasteiger partial charge in [-0.05, 0) is 36.5 Å². The number of anilines is 1. The summed E-state index contributed by atoms with van der Waals surface area (Å²) in [6, 6.07) is 5.19. The van der Waals surface area contributed by atoms with Gasteiger partial charge < -0.3 is 14.8 Å². The minimum Gasteiger partial charge on any atom is -0.478 e. The van der Waals surface area contributed by atoms with Crippen molar-refractivity contribution in [1.29, 1.82) is 0 Å². The molecule has 106 valence electrons. The fraction of sp³-hybridized carbons (Fsp3) is 0.467. The molecule has 1 aliphatic rings. The predicted octanol–water partition coefficient (Wildman–Crippen LogP) is 3.37. The third-order valence-electron chi connectivity index (χ3n) is 4.19. The molecule has 2 atom stereocenters. The third kappa shape index (κ3) is 2.48. The van der Waals surface area contributed by atoms with Gasteiger partial charge in [-0.1, -0.05) is 19.8 Å². The van der Waals surface area contributed by atoms with Gasteiger partial charge in [0, 0.05) is 6.54 Å². The number of hydrogen-bond acceptors (Lipinski definition) is 4. The summed E-state index contributed by atoms with van der Waals surface area (Å²) in [6.07, 6.45) is 3.84. The molecule has 1 aromatic heterocycles. The minimum absolute atomic E-state index is 0.213. The van der Waals surface area contributed by atoms with Crippen molar-refractivity contribution in [2.24, 2.45) is 11.8 Å². The predicted molar refractivity (Wildman–Crippen MR) is 76.0 cm³/mol.